The largest absolute Gasteiger partial charge is 0.333 e. The second-order valence-electron chi connectivity index (χ2n) is 3.93. The average Bonchev–Trinajstić information content (AvgIpc) is 2.39. The van der Waals surface area contributed by atoms with Gasteiger partial charge in [-0.05, 0) is 11.4 Å². The van der Waals surface area contributed by atoms with Crippen molar-refractivity contribution < 1.29 is 4.90 Å². The van der Waals surface area contributed by atoms with E-state index in [9.17, 15) is 0 Å². The minimum Gasteiger partial charge on any atom is -0.333 e. The third kappa shape index (κ3) is 7.14. The summed E-state index contributed by atoms with van der Waals surface area (Å²) in [5.74, 6) is 1.81. The van der Waals surface area contributed by atoms with Crippen molar-refractivity contribution in [2.45, 2.75) is 6.42 Å². The highest BCUT2D eigenvalue weighted by molar-refractivity contribution is 9.08. The highest BCUT2D eigenvalue weighted by atomic mass is 79.9. The zero-order valence-electron chi connectivity index (χ0n) is 10.9. The van der Waals surface area contributed by atoms with Crippen LogP contribution in [0.15, 0.2) is 49.6 Å². The Morgan fingerprint density at radius 3 is 2.41 bits per heavy atom. The van der Waals surface area contributed by atoms with E-state index in [-0.39, 0.29) is 0 Å². The number of alkyl halides is 1. The van der Waals surface area contributed by atoms with Gasteiger partial charge in [0.1, 0.15) is 6.54 Å². The normalized spacial score (nSPS) is 11.0. The van der Waals surface area contributed by atoms with Gasteiger partial charge in [0.05, 0.1) is 13.6 Å². The van der Waals surface area contributed by atoms with E-state index in [2.05, 4.69) is 60.4 Å². The smallest absolute Gasteiger partial charge is 0.103 e. The van der Waals surface area contributed by atoms with E-state index in [0.29, 0.717) is 0 Å². The van der Waals surface area contributed by atoms with Crippen LogP contribution in [0.1, 0.15) is 12.0 Å². The zero-order valence-corrected chi connectivity index (χ0v) is 12.5. The highest BCUT2D eigenvalue weighted by Gasteiger charge is 2.04. The molecule has 1 unspecified atom stereocenters. The number of likely N-dealkylation sites (N-methyl/N-ethyl adjacent to an activating group) is 1. The molecule has 1 N–H and O–H groups in total. The molecule has 0 aliphatic carbocycles. The molecule has 1 aromatic rings. The summed E-state index contributed by atoms with van der Waals surface area (Å²) in [5, 5.41) is 0. The maximum atomic E-state index is 4.13. The van der Waals surface area contributed by atoms with Gasteiger partial charge in [-0.25, -0.2) is 0 Å². The summed E-state index contributed by atoms with van der Waals surface area (Å²) in [5.41, 5.74) is 2.45. The van der Waals surface area contributed by atoms with Crippen molar-refractivity contribution in [3.8, 4) is 0 Å². The van der Waals surface area contributed by atoms with Crippen molar-refractivity contribution in [1.82, 2.24) is 0 Å². The quantitative estimate of drug-likeness (QED) is 0.608. The van der Waals surface area contributed by atoms with Crippen LogP contribution >= 0.6 is 15.9 Å². The Morgan fingerprint density at radius 2 is 1.88 bits per heavy atom. The van der Waals surface area contributed by atoms with Crippen molar-refractivity contribution in [3.05, 3.63) is 55.1 Å². The van der Waals surface area contributed by atoms with Crippen LogP contribution in [-0.4, -0.2) is 26.0 Å². The molecule has 0 bridgehead atoms. The SMILES string of the molecule is C=CCC[NH+](C)CC(=C)c1ccccc1.CBr. The van der Waals surface area contributed by atoms with Crippen molar-refractivity contribution in [3.63, 3.8) is 0 Å². The fourth-order valence-corrected chi connectivity index (χ4v) is 1.58. The Balaban J connectivity index is 0.00000121. The van der Waals surface area contributed by atoms with Gasteiger partial charge in [0, 0.05) is 12.0 Å². The van der Waals surface area contributed by atoms with Gasteiger partial charge in [-0.3, -0.25) is 0 Å². The van der Waals surface area contributed by atoms with Crippen LogP contribution in [0.5, 0.6) is 0 Å². The first-order valence-corrected chi connectivity index (χ1v) is 7.36. The lowest BCUT2D eigenvalue weighted by Gasteiger charge is -2.14. The molecule has 0 spiro atoms. The van der Waals surface area contributed by atoms with Crippen LogP contribution < -0.4 is 4.90 Å². The van der Waals surface area contributed by atoms with E-state index in [1.807, 2.05) is 18.0 Å². The fraction of sp³-hybridized carbons (Fsp3) is 0.333. The number of hydrogen-bond donors (Lipinski definition) is 1. The molecule has 2 heteroatoms. The number of halogens is 1. The van der Waals surface area contributed by atoms with E-state index in [4.69, 9.17) is 0 Å². The summed E-state index contributed by atoms with van der Waals surface area (Å²) >= 11 is 2.94. The Kier molecular flexibility index (Phi) is 9.78. The van der Waals surface area contributed by atoms with Gasteiger partial charge < -0.3 is 4.90 Å². The van der Waals surface area contributed by atoms with Gasteiger partial charge in [-0.2, -0.15) is 0 Å². The van der Waals surface area contributed by atoms with Crippen molar-refractivity contribution in [2.75, 3.05) is 26.0 Å². The van der Waals surface area contributed by atoms with Gasteiger partial charge in [0.25, 0.3) is 0 Å². The molecule has 0 aromatic heterocycles. The molecule has 0 heterocycles. The van der Waals surface area contributed by atoms with E-state index in [1.54, 1.807) is 0 Å². The number of quaternary nitrogens is 1. The predicted molar refractivity (Wildman–Crippen MR) is 81.8 cm³/mol. The molecule has 0 radical (unpaired) electrons. The molecule has 17 heavy (non-hydrogen) atoms. The molecule has 0 saturated heterocycles. The molecule has 0 aliphatic rings. The van der Waals surface area contributed by atoms with Crippen molar-refractivity contribution in [1.29, 1.82) is 0 Å². The van der Waals surface area contributed by atoms with Crippen molar-refractivity contribution >= 4 is 21.5 Å². The van der Waals surface area contributed by atoms with Gasteiger partial charge in [0.15, 0.2) is 0 Å². The molecule has 0 aliphatic heterocycles. The minimum absolute atomic E-state index is 0.998. The molecular formula is C15H23BrN+. The average molecular weight is 297 g/mol. The van der Waals surface area contributed by atoms with Crippen LogP contribution in [0.25, 0.3) is 5.57 Å². The fourth-order valence-electron chi connectivity index (χ4n) is 1.58. The third-order valence-electron chi connectivity index (χ3n) is 2.47. The van der Waals surface area contributed by atoms with Crippen LogP contribution in [0, 0.1) is 0 Å². The predicted octanol–water partition coefficient (Wildman–Crippen LogP) is 2.80. The third-order valence-corrected chi connectivity index (χ3v) is 2.47. The molecule has 0 amide bonds. The summed E-state index contributed by atoms with van der Waals surface area (Å²) in [6.07, 6.45) is 3.03. The molecule has 1 atom stereocenters. The van der Waals surface area contributed by atoms with E-state index in [1.165, 1.54) is 16.0 Å². The Bertz CT molecular complexity index is 319. The first kappa shape index (κ1) is 16.1. The summed E-state index contributed by atoms with van der Waals surface area (Å²) in [6, 6.07) is 10.4. The van der Waals surface area contributed by atoms with Crippen molar-refractivity contribution in [2.24, 2.45) is 0 Å². The van der Waals surface area contributed by atoms with E-state index < -0.39 is 0 Å². The Morgan fingerprint density at radius 1 is 1.29 bits per heavy atom. The van der Waals surface area contributed by atoms with Gasteiger partial charge in [0.2, 0.25) is 0 Å². The number of rotatable bonds is 6. The summed E-state index contributed by atoms with van der Waals surface area (Å²) < 4.78 is 0. The van der Waals surface area contributed by atoms with Gasteiger partial charge in [-0.15, -0.1) is 6.58 Å². The van der Waals surface area contributed by atoms with Crippen LogP contribution in [0.4, 0.5) is 0 Å². The van der Waals surface area contributed by atoms with Crippen LogP contribution in [-0.2, 0) is 0 Å². The number of benzene rings is 1. The summed E-state index contributed by atoms with van der Waals surface area (Å²) in [6.45, 7) is 9.98. The molecule has 1 nitrogen and oxygen atoms in total. The van der Waals surface area contributed by atoms with Gasteiger partial charge >= 0.3 is 0 Å². The first-order valence-electron chi connectivity index (χ1n) is 5.77. The monoisotopic (exact) mass is 296 g/mol. The van der Waals surface area contributed by atoms with Crippen LogP contribution in [0.2, 0.25) is 0 Å². The first-order chi connectivity index (χ1) is 8.24. The molecule has 0 fully saturated rings. The molecule has 94 valence electrons. The molecule has 0 saturated carbocycles. The highest BCUT2D eigenvalue weighted by Crippen LogP contribution is 2.08. The number of hydrogen-bond acceptors (Lipinski definition) is 0. The number of nitrogens with one attached hydrogen (secondary N) is 1. The second kappa shape index (κ2) is 10.3. The lowest BCUT2D eigenvalue weighted by molar-refractivity contribution is -0.871. The molecule has 1 rings (SSSR count). The Labute approximate surface area is 114 Å². The lowest BCUT2D eigenvalue weighted by atomic mass is 10.1. The van der Waals surface area contributed by atoms with Gasteiger partial charge in [-0.1, -0.05) is 58.9 Å². The zero-order chi connectivity index (χ0) is 13.1. The lowest BCUT2D eigenvalue weighted by Crippen LogP contribution is -3.09. The maximum absolute atomic E-state index is 4.13. The topological polar surface area (TPSA) is 4.44 Å². The van der Waals surface area contributed by atoms with E-state index >= 15 is 0 Å². The standard InChI is InChI=1S/C14H19N.CH3Br/c1-4-5-11-15(3)12-13(2)14-9-7-6-8-10-14;1-2/h4,6-10H,1-2,5,11-12H2,3H3;1H3/p+1. The second-order valence-corrected chi connectivity index (χ2v) is 3.93. The summed E-state index contributed by atoms with van der Waals surface area (Å²) in [7, 11) is 2.19. The maximum Gasteiger partial charge on any atom is 0.103 e. The Hall–Kier alpha value is -0.860. The summed E-state index contributed by atoms with van der Waals surface area (Å²) in [4.78, 5) is 1.48. The van der Waals surface area contributed by atoms with Crippen LogP contribution in [0.3, 0.4) is 0 Å². The molecule has 1 aromatic carbocycles. The molecular weight excluding hydrogens is 274 g/mol. The minimum atomic E-state index is 0.998. The van der Waals surface area contributed by atoms with E-state index in [0.717, 1.165) is 19.5 Å².